The summed E-state index contributed by atoms with van der Waals surface area (Å²) in [4.78, 5) is 41.1. The van der Waals surface area contributed by atoms with E-state index in [4.69, 9.17) is 14.9 Å². The molecule has 192 valence electrons. The Morgan fingerprint density at radius 1 is 1.08 bits per heavy atom. The van der Waals surface area contributed by atoms with Crippen LogP contribution in [0.25, 0.3) is 11.0 Å². The molecule has 2 aromatic heterocycles. The van der Waals surface area contributed by atoms with Gasteiger partial charge < -0.3 is 35.3 Å². The molecular formula is C24H27FN4O7. The van der Waals surface area contributed by atoms with Gasteiger partial charge in [-0.1, -0.05) is 12.1 Å². The highest BCUT2D eigenvalue weighted by atomic mass is 19.1. The van der Waals surface area contributed by atoms with Crippen molar-refractivity contribution in [2.24, 2.45) is 0 Å². The zero-order valence-corrected chi connectivity index (χ0v) is 19.4. The van der Waals surface area contributed by atoms with Gasteiger partial charge in [0.15, 0.2) is 5.75 Å². The van der Waals surface area contributed by atoms with Gasteiger partial charge in [0.25, 0.3) is 11.5 Å². The standard InChI is InChI=1S/C24H27FN4O7/c25-17-4-2-15(3-5-17)12-16-13-18-20(28-14-16)21(31)19(22(32)26-7-10-36-11-9-30)23(33)29(18)8-1-6-27-24(34)35/h2-5,13-14,27,30-31H,1,6-12H2,(H,26,32)(H,34,35). The van der Waals surface area contributed by atoms with E-state index in [-0.39, 0.29) is 62.7 Å². The van der Waals surface area contributed by atoms with Gasteiger partial charge in [-0.05, 0) is 42.2 Å². The van der Waals surface area contributed by atoms with Crippen molar-refractivity contribution in [3.63, 3.8) is 0 Å². The van der Waals surface area contributed by atoms with E-state index in [1.54, 1.807) is 18.2 Å². The Morgan fingerprint density at radius 2 is 1.83 bits per heavy atom. The van der Waals surface area contributed by atoms with Crippen LogP contribution in [0.15, 0.2) is 41.3 Å². The molecule has 1 aromatic carbocycles. The molecule has 12 heteroatoms. The molecule has 0 atom stereocenters. The highest BCUT2D eigenvalue weighted by Crippen LogP contribution is 2.26. The largest absolute Gasteiger partial charge is 0.505 e. The number of halogens is 1. The number of nitrogens with one attached hydrogen (secondary N) is 2. The van der Waals surface area contributed by atoms with Crippen molar-refractivity contribution in [2.75, 3.05) is 32.9 Å². The molecule has 0 radical (unpaired) electrons. The lowest BCUT2D eigenvalue weighted by Crippen LogP contribution is -2.35. The fourth-order valence-corrected chi connectivity index (χ4v) is 3.63. The van der Waals surface area contributed by atoms with Gasteiger partial charge in [-0.2, -0.15) is 0 Å². The molecule has 0 aliphatic rings. The van der Waals surface area contributed by atoms with Crippen molar-refractivity contribution < 1.29 is 34.0 Å². The maximum Gasteiger partial charge on any atom is 0.404 e. The molecule has 0 saturated carbocycles. The predicted octanol–water partition coefficient (Wildman–Crippen LogP) is 1.23. The van der Waals surface area contributed by atoms with E-state index in [1.165, 1.54) is 22.9 Å². The number of nitrogens with zero attached hydrogens (tertiary/aromatic N) is 2. The molecule has 2 heterocycles. The number of carboxylic acid groups (broad SMARTS) is 1. The minimum Gasteiger partial charge on any atom is -0.505 e. The van der Waals surface area contributed by atoms with Crippen molar-refractivity contribution >= 4 is 23.0 Å². The number of pyridine rings is 2. The lowest BCUT2D eigenvalue weighted by molar-refractivity contribution is 0.0835. The Bertz CT molecular complexity index is 1280. The van der Waals surface area contributed by atoms with Crippen LogP contribution in [0.4, 0.5) is 9.18 Å². The van der Waals surface area contributed by atoms with Gasteiger partial charge in [-0.3, -0.25) is 14.6 Å². The number of carbonyl (C=O) groups excluding carboxylic acids is 1. The van der Waals surface area contributed by atoms with E-state index in [1.807, 2.05) is 0 Å². The first kappa shape index (κ1) is 26.6. The van der Waals surface area contributed by atoms with E-state index < -0.39 is 28.9 Å². The summed E-state index contributed by atoms with van der Waals surface area (Å²) >= 11 is 0. The van der Waals surface area contributed by atoms with Crippen LogP contribution in [0.3, 0.4) is 0 Å². The maximum absolute atomic E-state index is 13.3. The second-order valence-electron chi connectivity index (χ2n) is 7.87. The van der Waals surface area contributed by atoms with Gasteiger partial charge in [-0.15, -0.1) is 0 Å². The normalized spacial score (nSPS) is 10.9. The first-order valence-electron chi connectivity index (χ1n) is 11.2. The highest BCUT2D eigenvalue weighted by Gasteiger charge is 2.23. The number of fused-ring (bicyclic) bond motifs is 1. The smallest absolute Gasteiger partial charge is 0.404 e. The molecule has 3 rings (SSSR count). The molecule has 0 spiro atoms. The van der Waals surface area contributed by atoms with E-state index in [9.17, 15) is 23.9 Å². The highest BCUT2D eigenvalue weighted by molar-refractivity contribution is 6.01. The molecule has 0 unspecified atom stereocenters. The number of ether oxygens (including phenoxy) is 1. The fourth-order valence-electron chi connectivity index (χ4n) is 3.63. The van der Waals surface area contributed by atoms with Crippen molar-refractivity contribution in [3.8, 4) is 5.75 Å². The quantitative estimate of drug-likeness (QED) is 0.231. The summed E-state index contributed by atoms with van der Waals surface area (Å²) in [6.45, 7) is 0.186. The van der Waals surface area contributed by atoms with Gasteiger partial charge in [-0.25, -0.2) is 9.18 Å². The molecule has 0 aliphatic carbocycles. The molecule has 0 saturated heterocycles. The maximum atomic E-state index is 13.3. The zero-order valence-electron chi connectivity index (χ0n) is 19.4. The number of amides is 2. The summed E-state index contributed by atoms with van der Waals surface area (Å²) in [7, 11) is 0. The molecule has 5 N–H and O–H groups in total. The Labute approximate surface area is 205 Å². The van der Waals surface area contributed by atoms with Crippen LogP contribution in [0.2, 0.25) is 0 Å². The van der Waals surface area contributed by atoms with Crippen LogP contribution in [-0.4, -0.2) is 69.8 Å². The predicted molar refractivity (Wildman–Crippen MR) is 128 cm³/mol. The van der Waals surface area contributed by atoms with Crippen LogP contribution < -0.4 is 16.2 Å². The average molecular weight is 502 g/mol. The first-order chi connectivity index (χ1) is 17.3. The van der Waals surface area contributed by atoms with E-state index in [0.29, 0.717) is 12.0 Å². The van der Waals surface area contributed by atoms with Crippen LogP contribution in [0.1, 0.15) is 27.9 Å². The lowest BCUT2D eigenvalue weighted by Gasteiger charge is -2.15. The van der Waals surface area contributed by atoms with Crippen LogP contribution in [0.5, 0.6) is 5.75 Å². The molecule has 0 fully saturated rings. The fraction of sp³-hybridized carbons (Fsp3) is 0.333. The van der Waals surface area contributed by atoms with E-state index in [2.05, 4.69) is 15.6 Å². The van der Waals surface area contributed by atoms with Gasteiger partial charge >= 0.3 is 6.09 Å². The third kappa shape index (κ3) is 6.77. The number of benzene rings is 1. The Balaban J connectivity index is 1.96. The lowest BCUT2D eigenvalue weighted by atomic mass is 10.1. The minimum atomic E-state index is -1.20. The summed E-state index contributed by atoms with van der Waals surface area (Å²) < 4.78 is 19.6. The SMILES string of the molecule is O=C(O)NCCCn1c(=O)c(C(=O)NCCOCCO)c(O)c2ncc(Cc3ccc(F)cc3)cc21. The third-order valence-electron chi connectivity index (χ3n) is 5.29. The van der Waals surface area contributed by atoms with Crippen LogP contribution in [0, 0.1) is 5.82 Å². The van der Waals surface area contributed by atoms with Gasteiger partial charge in [0, 0.05) is 25.8 Å². The van der Waals surface area contributed by atoms with Crippen molar-refractivity contribution in [1.29, 1.82) is 0 Å². The number of aliphatic hydroxyl groups is 1. The van der Waals surface area contributed by atoms with Crippen molar-refractivity contribution in [1.82, 2.24) is 20.2 Å². The van der Waals surface area contributed by atoms with Gasteiger partial charge in [0.05, 0.1) is 25.3 Å². The average Bonchev–Trinajstić information content (AvgIpc) is 2.84. The van der Waals surface area contributed by atoms with Crippen molar-refractivity contribution in [3.05, 3.63) is 69.4 Å². The van der Waals surface area contributed by atoms with Gasteiger partial charge in [0.2, 0.25) is 0 Å². The topological polar surface area (TPSA) is 163 Å². The zero-order chi connectivity index (χ0) is 26.1. The Kier molecular flexibility index (Phi) is 9.31. The number of rotatable bonds is 12. The Hall–Kier alpha value is -4.03. The summed E-state index contributed by atoms with van der Waals surface area (Å²) in [5, 5.41) is 33.0. The number of carbonyl (C=O) groups is 2. The van der Waals surface area contributed by atoms with Crippen LogP contribution >= 0.6 is 0 Å². The van der Waals surface area contributed by atoms with Gasteiger partial charge in [0.1, 0.15) is 16.9 Å². The third-order valence-corrected chi connectivity index (χ3v) is 5.29. The second kappa shape index (κ2) is 12.6. The molecule has 2 amide bonds. The number of hydrogen-bond donors (Lipinski definition) is 5. The van der Waals surface area contributed by atoms with E-state index in [0.717, 1.165) is 5.56 Å². The number of aromatic hydroxyl groups is 1. The molecule has 36 heavy (non-hydrogen) atoms. The summed E-state index contributed by atoms with van der Waals surface area (Å²) in [5.74, 6) is -1.76. The molecule has 3 aromatic rings. The number of aryl methyl sites for hydroxylation is 1. The molecule has 0 aliphatic heterocycles. The van der Waals surface area contributed by atoms with E-state index >= 15 is 0 Å². The number of aromatic nitrogens is 2. The van der Waals surface area contributed by atoms with Crippen molar-refractivity contribution in [2.45, 2.75) is 19.4 Å². The molecule has 0 bridgehead atoms. The summed E-state index contributed by atoms with van der Waals surface area (Å²) in [6.07, 6.45) is 0.917. The Morgan fingerprint density at radius 3 is 2.53 bits per heavy atom. The number of hydrogen-bond acceptors (Lipinski definition) is 7. The first-order valence-corrected chi connectivity index (χ1v) is 11.2. The summed E-state index contributed by atoms with van der Waals surface area (Å²) in [5.41, 5.74) is 0.546. The summed E-state index contributed by atoms with van der Waals surface area (Å²) in [6, 6.07) is 7.57. The molecular weight excluding hydrogens is 475 g/mol. The minimum absolute atomic E-state index is 0.0327. The monoisotopic (exact) mass is 502 g/mol. The number of aliphatic hydroxyl groups excluding tert-OH is 1. The second-order valence-corrected chi connectivity index (χ2v) is 7.87. The molecule has 11 nitrogen and oxygen atoms in total. The van der Waals surface area contributed by atoms with Crippen LogP contribution in [-0.2, 0) is 17.7 Å².